The van der Waals surface area contributed by atoms with Gasteiger partial charge in [0.1, 0.15) is 11.5 Å². The van der Waals surface area contributed by atoms with Gasteiger partial charge >= 0.3 is 5.97 Å². The monoisotopic (exact) mass is 425 g/mol. The third kappa shape index (κ3) is 4.87. The van der Waals surface area contributed by atoms with Gasteiger partial charge in [0.15, 0.2) is 0 Å². The van der Waals surface area contributed by atoms with Gasteiger partial charge in [-0.05, 0) is 54.4 Å². The predicted molar refractivity (Wildman–Crippen MR) is 114 cm³/mol. The molecular formula is C23H23NO5S. The molecule has 0 aliphatic carbocycles. The van der Waals surface area contributed by atoms with Crippen molar-refractivity contribution >= 4 is 16.0 Å². The molecule has 0 heterocycles. The molecule has 0 aliphatic heterocycles. The number of benzene rings is 3. The number of carbonyl (C=O) groups excluding carboxylic acids is 1. The van der Waals surface area contributed by atoms with Gasteiger partial charge in [-0.15, -0.1) is 0 Å². The number of aryl methyl sites for hydroxylation is 1. The summed E-state index contributed by atoms with van der Waals surface area (Å²) in [5.74, 6) is 0.747. The summed E-state index contributed by atoms with van der Waals surface area (Å²) in [6.07, 6.45) is 0. The van der Waals surface area contributed by atoms with Crippen molar-refractivity contribution in [2.75, 3.05) is 14.2 Å². The Hall–Kier alpha value is -3.16. The average Bonchev–Trinajstić information content (AvgIpc) is 2.74. The van der Waals surface area contributed by atoms with E-state index in [-0.39, 0.29) is 17.0 Å². The summed E-state index contributed by atoms with van der Waals surface area (Å²) >= 11 is 0. The Bertz CT molecular complexity index is 1140. The van der Waals surface area contributed by atoms with Gasteiger partial charge in [-0.1, -0.05) is 36.4 Å². The van der Waals surface area contributed by atoms with Crippen LogP contribution in [0.1, 0.15) is 21.5 Å². The lowest BCUT2D eigenvalue weighted by Gasteiger charge is -2.18. The molecule has 0 spiro atoms. The molecule has 3 aromatic carbocycles. The number of sulfonamides is 1. The quantitative estimate of drug-likeness (QED) is 0.525. The minimum atomic E-state index is -3.81. The molecule has 0 atom stereocenters. The van der Waals surface area contributed by atoms with Crippen molar-refractivity contribution in [3.8, 4) is 11.5 Å². The number of nitrogens with zero attached hydrogens (tertiary/aromatic N) is 1. The second-order valence-corrected chi connectivity index (χ2v) is 8.84. The van der Waals surface area contributed by atoms with Crippen molar-refractivity contribution in [3.63, 3.8) is 0 Å². The van der Waals surface area contributed by atoms with Crippen molar-refractivity contribution in [1.82, 2.24) is 4.31 Å². The second kappa shape index (κ2) is 9.11. The fourth-order valence-corrected chi connectivity index (χ4v) is 4.13. The molecule has 0 aromatic heterocycles. The van der Waals surface area contributed by atoms with E-state index in [1.807, 2.05) is 48.5 Å². The molecule has 0 N–H and O–H groups in total. The van der Waals surface area contributed by atoms with Gasteiger partial charge in [-0.2, -0.15) is 4.31 Å². The molecular weight excluding hydrogens is 402 g/mol. The zero-order valence-electron chi connectivity index (χ0n) is 17.0. The molecule has 0 bridgehead atoms. The van der Waals surface area contributed by atoms with Gasteiger partial charge in [0.25, 0.3) is 0 Å². The molecule has 156 valence electrons. The van der Waals surface area contributed by atoms with Crippen LogP contribution in [0.25, 0.3) is 0 Å². The zero-order chi connectivity index (χ0) is 21.7. The molecule has 0 unspecified atom stereocenters. The van der Waals surface area contributed by atoms with Crippen molar-refractivity contribution < 1.29 is 22.7 Å². The minimum Gasteiger partial charge on any atom is -0.465 e. The van der Waals surface area contributed by atoms with Gasteiger partial charge < -0.3 is 9.47 Å². The van der Waals surface area contributed by atoms with Crippen molar-refractivity contribution in [2.45, 2.75) is 18.4 Å². The number of hydrogen-bond acceptors (Lipinski definition) is 5. The maximum absolute atomic E-state index is 13.0. The SMILES string of the molecule is COC(=O)c1cc(S(=O)(=O)N(C)Cc2cccc(Oc3ccccc3)c2)ccc1C. The Morgan fingerprint density at radius 1 is 0.933 bits per heavy atom. The van der Waals surface area contributed by atoms with Crippen LogP contribution < -0.4 is 4.74 Å². The fraction of sp³-hybridized carbons (Fsp3) is 0.174. The van der Waals surface area contributed by atoms with Crippen molar-refractivity contribution in [2.24, 2.45) is 0 Å². The van der Waals surface area contributed by atoms with E-state index in [4.69, 9.17) is 9.47 Å². The fourth-order valence-electron chi connectivity index (χ4n) is 2.95. The molecule has 7 heteroatoms. The highest BCUT2D eigenvalue weighted by atomic mass is 32.2. The molecule has 3 rings (SSSR count). The third-order valence-corrected chi connectivity index (χ3v) is 6.40. The van der Waals surface area contributed by atoms with Crippen LogP contribution in [0.5, 0.6) is 11.5 Å². The summed E-state index contributed by atoms with van der Waals surface area (Å²) in [4.78, 5) is 12.0. The zero-order valence-corrected chi connectivity index (χ0v) is 17.8. The van der Waals surface area contributed by atoms with Gasteiger partial charge in [-0.3, -0.25) is 0 Å². The summed E-state index contributed by atoms with van der Waals surface area (Å²) in [5, 5.41) is 0. The highest BCUT2D eigenvalue weighted by Crippen LogP contribution is 2.24. The number of carbonyl (C=O) groups is 1. The molecule has 3 aromatic rings. The van der Waals surface area contributed by atoms with Gasteiger partial charge in [0.2, 0.25) is 10.0 Å². The van der Waals surface area contributed by atoms with Crippen LogP contribution in [0, 0.1) is 6.92 Å². The van der Waals surface area contributed by atoms with Crippen LogP contribution in [0.15, 0.2) is 77.7 Å². The van der Waals surface area contributed by atoms with E-state index >= 15 is 0 Å². The third-order valence-electron chi connectivity index (χ3n) is 4.61. The topological polar surface area (TPSA) is 72.9 Å². The van der Waals surface area contributed by atoms with Crippen LogP contribution in [-0.2, 0) is 21.3 Å². The molecule has 0 saturated heterocycles. The lowest BCUT2D eigenvalue weighted by atomic mass is 10.1. The molecule has 6 nitrogen and oxygen atoms in total. The van der Waals surface area contributed by atoms with E-state index in [0.717, 1.165) is 5.56 Å². The standard InChI is InChI=1S/C23H23NO5S/c1-17-12-13-21(15-22(17)23(25)28-3)30(26,27)24(2)16-18-8-7-11-20(14-18)29-19-9-5-4-6-10-19/h4-15H,16H2,1-3H3. The number of hydrogen-bond donors (Lipinski definition) is 0. The Labute approximate surface area is 176 Å². The van der Waals surface area contributed by atoms with E-state index in [1.54, 1.807) is 19.1 Å². The van der Waals surface area contributed by atoms with E-state index in [9.17, 15) is 13.2 Å². The lowest BCUT2D eigenvalue weighted by Crippen LogP contribution is -2.26. The normalized spacial score (nSPS) is 11.3. The van der Waals surface area contributed by atoms with Crippen LogP contribution >= 0.6 is 0 Å². The smallest absolute Gasteiger partial charge is 0.338 e. The highest BCUT2D eigenvalue weighted by molar-refractivity contribution is 7.89. The molecule has 0 aliphatic rings. The van der Waals surface area contributed by atoms with Crippen LogP contribution in [0.3, 0.4) is 0 Å². The maximum Gasteiger partial charge on any atom is 0.338 e. The molecule has 0 fully saturated rings. The van der Waals surface area contributed by atoms with Crippen molar-refractivity contribution in [1.29, 1.82) is 0 Å². The highest BCUT2D eigenvalue weighted by Gasteiger charge is 2.23. The van der Waals surface area contributed by atoms with Gasteiger partial charge in [-0.25, -0.2) is 13.2 Å². The molecule has 0 saturated carbocycles. The predicted octanol–water partition coefficient (Wildman–Crippen LogP) is 4.39. The molecule has 30 heavy (non-hydrogen) atoms. The first-order valence-electron chi connectivity index (χ1n) is 9.28. The molecule has 0 amide bonds. The average molecular weight is 426 g/mol. The van der Waals surface area contributed by atoms with Crippen LogP contribution in [0.2, 0.25) is 0 Å². The number of methoxy groups -OCH3 is 1. The lowest BCUT2D eigenvalue weighted by molar-refractivity contribution is 0.0599. The van der Waals surface area contributed by atoms with E-state index < -0.39 is 16.0 Å². The Morgan fingerprint density at radius 2 is 1.63 bits per heavy atom. The summed E-state index contributed by atoms with van der Waals surface area (Å²) < 4.78 is 37.9. The Balaban J connectivity index is 1.81. The number of ether oxygens (including phenoxy) is 2. The maximum atomic E-state index is 13.0. The van der Waals surface area contributed by atoms with E-state index in [1.165, 1.54) is 30.6 Å². The second-order valence-electron chi connectivity index (χ2n) is 6.79. The Morgan fingerprint density at radius 3 is 2.33 bits per heavy atom. The number of para-hydroxylation sites is 1. The van der Waals surface area contributed by atoms with Crippen molar-refractivity contribution in [3.05, 3.63) is 89.5 Å². The number of rotatable bonds is 7. The summed E-state index contributed by atoms with van der Waals surface area (Å²) in [6, 6.07) is 21.0. The number of esters is 1. The van der Waals surface area contributed by atoms with Crippen LogP contribution in [-0.4, -0.2) is 32.8 Å². The van der Waals surface area contributed by atoms with Crippen LogP contribution in [0.4, 0.5) is 0 Å². The summed E-state index contributed by atoms with van der Waals surface area (Å²) in [6.45, 7) is 1.88. The first-order chi connectivity index (χ1) is 14.3. The minimum absolute atomic E-state index is 0.0349. The van der Waals surface area contributed by atoms with Gasteiger partial charge in [0.05, 0.1) is 17.6 Å². The molecule has 0 radical (unpaired) electrons. The largest absolute Gasteiger partial charge is 0.465 e. The first kappa shape index (κ1) is 21.5. The van der Waals surface area contributed by atoms with E-state index in [0.29, 0.717) is 17.1 Å². The van der Waals surface area contributed by atoms with Gasteiger partial charge in [0, 0.05) is 13.6 Å². The Kier molecular flexibility index (Phi) is 6.54. The van der Waals surface area contributed by atoms with E-state index in [2.05, 4.69) is 0 Å². The summed E-state index contributed by atoms with van der Waals surface area (Å²) in [7, 11) is -1.04. The summed E-state index contributed by atoms with van der Waals surface area (Å²) in [5.41, 5.74) is 1.65. The first-order valence-corrected chi connectivity index (χ1v) is 10.7.